The lowest BCUT2D eigenvalue weighted by molar-refractivity contribution is -0.527. The summed E-state index contributed by atoms with van der Waals surface area (Å²) < 4.78 is 290. The van der Waals surface area contributed by atoms with Gasteiger partial charge in [-0.1, -0.05) is 0 Å². The molecule has 0 N–H and O–H groups in total. The number of alkyl halides is 24. The fraction of sp³-hybridized carbons (Fsp3) is 1.00. The lowest BCUT2D eigenvalue weighted by Crippen LogP contribution is -2.75. The number of ether oxygens (including phenoxy) is 1. The van der Waals surface area contributed by atoms with Gasteiger partial charge in [0.2, 0.25) is 0 Å². The Kier molecular flexibility index (Phi) is 8.32. The summed E-state index contributed by atoms with van der Waals surface area (Å²) in [5.41, 5.74) is 0. The Balaban J connectivity index is 7.01. The maximum absolute atomic E-state index is 13.4. The summed E-state index contributed by atoms with van der Waals surface area (Å²) in [4.78, 5) is 0. The zero-order chi connectivity index (χ0) is 30.2. The van der Waals surface area contributed by atoms with E-state index in [4.69, 9.17) is 0 Å². The summed E-state index contributed by atoms with van der Waals surface area (Å²) in [6.07, 6.45) is -24.6. The fourth-order valence-corrected chi connectivity index (χ4v) is 2.01. The minimum atomic E-state index is -9.18. The molecular formula is C11F23IO. The summed E-state index contributed by atoms with van der Waals surface area (Å²) in [6, 6.07) is 0. The Labute approximate surface area is 193 Å². The Morgan fingerprint density at radius 1 is 0.333 bits per heavy atom. The van der Waals surface area contributed by atoms with Gasteiger partial charge in [0.1, 0.15) is 0 Å². The van der Waals surface area contributed by atoms with Crippen molar-refractivity contribution >= 4 is 22.6 Å². The molecule has 0 fully saturated rings. The van der Waals surface area contributed by atoms with Crippen molar-refractivity contribution in [1.29, 1.82) is 0 Å². The number of rotatable bonds is 9. The Hall–Kier alpha value is -0.920. The zero-order valence-electron chi connectivity index (χ0n) is 15.0. The van der Waals surface area contributed by atoms with E-state index in [0.29, 0.717) is 0 Å². The highest BCUT2D eigenvalue weighted by atomic mass is 127. The van der Waals surface area contributed by atoms with Gasteiger partial charge in [-0.05, 0) is 0 Å². The van der Waals surface area contributed by atoms with E-state index in [1.165, 1.54) is 0 Å². The second-order valence-electron chi connectivity index (χ2n) is 6.15. The Morgan fingerprint density at radius 3 is 0.778 bits per heavy atom. The molecule has 0 amide bonds. The molecule has 0 aromatic carbocycles. The zero-order valence-corrected chi connectivity index (χ0v) is 17.1. The van der Waals surface area contributed by atoms with Crippen LogP contribution < -0.4 is 0 Å². The van der Waals surface area contributed by atoms with Gasteiger partial charge in [-0.2, -0.15) is 101 Å². The van der Waals surface area contributed by atoms with E-state index in [9.17, 15) is 101 Å². The normalized spacial score (nSPS) is 17.0. The van der Waals surface area contributed by atoms with Gasteiger partial charge in [0.15, 0.2) is 0 Å². The maximum Gasteiger partial charge on any atom is 0.458 e. The van der Waals surface area contributed by atoms with Crippen molar-refractivity contribution in [2.45, 2.75) is 63.8 Å². The molecule has 0 aromatic heterocycles. The van der Waals surface area contributed by atoms with Gasteiger partial charge in [0, 0.05) is 22.6 Å². The van der Waals surface area contributed by atoms with E-state index in [1.807, 2.05) is 0 Å². The summed E-state index contributed by atoms with van der Waals surface area (Å²) >= 11 is -1.18. The molecule has 218 valence electrons. The Morgan fingerprint density at radius 2 is 0.556 bits per heavy atom. The molecule has 25 heteroatoms. The average molecular weight is 712 g/mol. The predicted octanol–water partition coefficient (Wildman–Crippen LogP) is 8.23. The van der Waals surface area contributed by atoms with Crippen LogP contribution in [0, 0.1) is 0 Å². The molecule has 0 aliphatic carbocycles. The molecular weight excluding hydrogens is 712 g/mol. The van der Waals surface area contributed by atoms with Gasteiger partial charge in [0.25, 0.3) is 0 Å². The van der Waals surface area contributed by atoms with Crippen LogP contribution in [0.2, 0.25) is 0 Å². The molecule has 36 heavy (non-hydrogen) atoms. The predicted molar refractivity (Wildman–Crippen MR) is 70.6 cm³/mol. The molecule has 0 unspecified atom stereocenters. The summed E-state index contributed by atoms with van der Waals surface area (Å²) in [7, 11) is 0. The van der Waals surface area contributed by atoms with Crippen LogP contribution in [0.4, 0.5) is 101 Å². The van der Waals surface area contributed by atoms with E-state index < -0.39 is 86.4 Å². The van der Waals surface area contributed by atoms with E-state index in [1.54, 1.807) is 0 Å². The molecule has 0 aliphatic rings. The lowest BCUT2D eigenvalue weighted by Gasteiger charge is -2.43. The van der Waals surface area contributed by atoms with Crippen molar-refractivity contribution in [2.75, 3.05) is 0 Å². The van der Waals surface area contributed by atoms with E-state index in [0.717, 1.165) is 4.74 Å². The average Bonchev–Trinajstić information content (AvgIpc) is 2.57. The quantitative estimate of drug-likeness (QED) is 0.133. The first kappa shape index (κ1) is 35.1. The van der Waals surface area contributed by atoms with Gasteiger partial charge in [-0.25, -0.2) is 0 Å². The number of hydrogen-bond acceptors (Lipinski definition) is 1. The second kappa shape index (κ2) is 8.54. The third-order valence-corrected chi connectivity index (χ3v) is 4.37. The van der Waals surface area contributed by atoms with Crippen molar-refractivity contribution < 1.29 is 106 Å². The van der Waals surface area contributed by atoms with Crippen LogP contribution in [-0.4, -0.2) is 63.8 Å². The largest absolute Gasteiger partial charge is 0.458 e. The van der Waals surface area contributed by atoms with Crippen molar-refractivity contribution in [2.24, 2.45) is 0 Å². The molecule has 0 rings (SSSR count). The molecule has 1 nitrogen and oxygen atoms in total. The van der Waals surface area contributed by atoms with Crippen LogP contribution in [0.1, 0.15) is 0 Å². The maximum atomic E-state index is 13.4. The topological polar surface area (TPSA) is 9.23 Å². The molecule has 0 radical (unpaired) electrons. The van der Waals surface area contributed by atoms with Crippen molar-refractivity contribution in [3.05, 3.63) is 0 Å². The first-order valence-corrected chi connectivity index (χ1v) is 8.27. The minimum Gasteiger partial charge on any atom is -0.262 e. The number of hydrogen-bond donors (Lipinski definition) is 0. The Bertz CT molecular complexity index is 784. The molecule has 0 aromatic rings. The molecule has 0 heterocycles. The SMILES string of the molecule is FC(F)(F)C(F)(OC(F)(F)C(F)(F)C(F)(F)C(F)(F)C(F)(F)C(F)(F)C(F)(F)C(F)(F)I)C(F)(F)F. The van der Waals surface area contributed by atoms with Crippen LogP contribution in [0.15, 0.2) is 0 Å². The van der Waals surface area contributed by atoms with Crippen molar-refractivity contribution in [3.8, 4) is 0 Å². The highest BCUT2D eigenvalue weighted by Crippen LogP contribution is 2.65. The molecule has 0 saturated carbocycles. The fourth-order valence-electron chi connectivity index (χ4n) is 1.67. The minimum absolute atomic E-state index is 0.905. The summed E-state index contributed by atoms with van der Waals surface area (Å²) in [5, 5.41) is 0. The third-order valence-electron chi connectivity index (χ3n) is 3.69. The molecule has 0 atom stereocenters. The van der Waals surface area contributed by atoms with E-state index in [-0.39, 0.29) is 0 Å². The summed E-state index contributed by atoms with van der Waals surface area (Å²) in [6.45, 7) is 0. The molecule has 0 bridgehead atoms. The van der Waals surface area contributed by atoms with Gasteiger partial charge in [-0.3, -0.25) is 4.74 Å². The first-order valence-electron chi connectivity index (χ1n) is 7.19. The van der Waals surface area contributed by atoms with E-state index >= 15 is 0 Å². The van der Waals surface area contributed by atoms with Crippen LogP contribution in [0.25, 0.3) is 0 Å². The van der Waals surface area contributed by atoms with Crippen LogP contribution in [0.5, 0.6) is 0 Å². The number of halogens is 24. The van der Waals surface area contributed by atoms with Gasteiger partial charge < -0.3 is 0 Å². The highest BCUT2D eigenvalue weighted by molar-refractivity contribution is 14.1. The monoisotopic (exact) mass is 712 g/mol. The van der Waals surface area contributed by atoms with Crippen LogP contribution in [0.3, 0.4) is 0 Å². The molecule has 0 aliphatic heterocycles. The third kappa shape index (κ3) is 4.59. The van der Waals surface area contributed by atoms with E-state index in [2.05, 4.69) is 0 Å². The van der Waals surface area contributed by atoms with Gasteiger partial charge >= 0.3 is 63.8 Å². The van der Waals surface area contributed by atoms with Crippen LogP contribution >= 0.6 is 22.6 Å². The second-order valence-corrected chi connectivity index (χ2v) is 7.51. The van der Waals surface area contributed by atoms with Crippen molar-refractivity contribution in [3.63, 3.8) is 0 Å². The van der Waals surface area contributed by atoms with Crippen LogP contribution in [-0.2, 0) is 4.74 Å². The highest BCUT2D eigenvalue weighted by Gasteiger charge is 2.96. The molecule has 0 spiro atoms. The van der Waals surface area contributed by atoms with Gasteiger partial charge in [0.05, 0.1) is 0 Å². The lowest BCUT2D eigenvalue weighted by atomic mass is 9.91. The van der Waals surface area contributed by atoms with Crippen molar-refractivity contribution in [1.82, 2.24) is 0 Å². The smallest absolute Gasteiger partial charge is 0.262 e. The summed E-state index contributed by atoms with van der Waals surface area (Å²) in [5.74, 6) is -61.0. The molecule has 0 saturated heterocycles. The standard InChI is InChI=1S/C11F23IO/c12-1(13,3(16,17)5(20,21)10(31,32)35)2(14,15)4(18,19)6(22,23)11(33,34)36-7(24,8(25,26)27)9(28,29)30. The van der Waals surface area contributed by atoms with Gasteiger partial charge in [-0.15, -0.1) is 0 Å². The first-order chi connectivity index (χ1) is 15.0.